The molecule has 0 saturated heterocycles. The third-order valence-electron chi connectivity index (χ3n) is 2.64. The number of benzene rings is 1. The highest BCUT2D eigenvalue weighted by Crippen LogP contribution is 2.40. The smallest absolute Gasteiger partial charge is 0.172 e. The first-order valence-electron chi connectivity index (χ1n) is 5.68. The lowest BCUT2D eigenvalue weighted by molar-refractivity contribution is 0.309. The molecule has 3 nitrogen and oxygen atoms in total. The molecule has 0 bridgehead atoms. The number of nitrogens with two attached hydrogens (primary N) is 1. The van der Waals surface area contributed by atoms with Crippen molar-refractivity contribution in [2.24, 2.45) is 11.1 Å². The molecule has 0 amide bonds. The minimum absolute atomic E-state index is 0.0418. The molecule has 4 heteroatoms. The number of aromatic hydroxyl groups is 1. The van der Waals surface area contributed by atoms with Crippen molar-refractivity contribution < 1.29 is 9.84 Å². The monoisotopic (exact) mass is 301 g/mol. The largest absolute Gasteiger partial charge is 0.503 e. The lowest BCUT2D eigenvalue weighted by atomic mass is 9.83. The fourth-order valence-electron chi connectivity index (χ4n) is 1.54. The highest BCUT2D eigenvalue weighted by molar-refractivity contribution is 9.10. The number of phenolic OH excluding ortho intramolecular Hbond substituents is 1. The molecular formula is C13H20BrNO2. The van der Waals surface area contributed by atoms with Crippen LogP contribution in [-0.4, -0.2) is 11.7 Å². The van der Waals surface area contributed by atoms with Crippen LogP contribution in [0.1, 0.15) is 39.3 Å². The minimum Gasteiger partial charge on any atom is -0.503 e. The molecule has 0 aliphatic carbocycles. The van der Waals surface area contributed by atoms with Gasteiger partial charge in [0, 0.05) is 6.04 Å². The molecule has 0 saturated carbocycles. The van der Waals surface area contributed by atoms with Gasteiger partial charge >= 0.3 is 0 Å². The van der Waals surface area contributed by atoms with Crippen LogP contribution in [0.5, 0.6) is 11.5 Å². The fraction of sp³-hybridized carbons (Fsp3) is 0.538. The second kappa shape index (κ2) is 5.27. The van der Waals surface area contributed by atoms with E-state index in [-0.39, 0.29) is 17.2 Å². The molecule has 0 fully saturated rings. The predicted molar refractivity (Wildman–Crippen MR) is 73.4 cm³/mol. The first kappa shape index (κ1) is 14.3. The molecule has 96 valence electrons. The molecule has 0 heterocycles. The SMILES string of the molecule is CCOc1cc([C@@H](N)C(C)(C)C)cc(Br)c1O. The molecule has 0 aromatic heterocycles. The van der Waals surface area contributed by atoms with Crippen molar-refractivity contribution in [2.45, 2.75) is 33.7 Å². The third-order valence-corrected chi connectivity index (χ3v) is 3.25. The summed E-state index contributed by atoms with van der Waals surface area (Å²) in [6.07, 6.45) is 0. The molecule has 1 aromatic rings. The van der Waals surface area contributed by atoms with Crippen molar-refractivity contribution in [2.75, 3.05) is 6.61 Å². The molecule has 0 spiro atoms. The average Bonchev–Trinajstić information content (AvgIpc) is 2.22. The molecule has 0 aliphatic rings. The van der Waals surface area contributed by atoms with E-state index in [2.05, 4.69) is 36.7 Å². The van der Waals surface area contributed by atoms with Crippen LogP contribution in [0.4, 0.5) is 0 Å². The Balaban J connectivity index is 3.18. The third kappa shape index (κ3) is 3.36. The number of rotatable bonds is 3. The van der Waals surface area contributed by atoms with E-state index in [0.29, 0.717) is 16.8 Å². The highest BCUT2D eigenvalue weighted by atomic mass is 79.9. The van der Waals surface area contributed by atoms with E-state index < -0.39 is 0 Å². The predicted octanol–water partition coefficient (Wildman–Crippen LogP) is 3.60. The summed E-state index contributed by atoms with van der Waals surface area (Å²) >= 11 is 3.32. The second-order valence-electron chi connectivity index (χ2n) is 5.13. The lowest BCUT2D eigenvalue weighted by Crippen LogP contribution is -2.26. The summed E-state index contributed by atoms with van der Waals surface area (Å²) in [5, 5.41) is 9.83. The average molecular weight is 302 g/mol. The van der Waals surface area contributed by atoms with Gasteiger partial charge in [-0.15, -0.1) is 0 Å². The topological polar surface area (TPSA) is 55.5 Å². The Bertz CT molecular complexity index is 399. The Morgan fingerprint density at radius 1 is 1.41 bits per heavy atom. The minimum atomic E-state index is -0.112. The first-order chi connectivity index (χ1) is 7.77. The number of hydrogen-bond donors (Lipinski definition) is 2. The van der Waals surface area contributed by atoms with Crippen molar-refractivity contribution in [3.63, 3.8) is 0 Å². The quantitative estimate of drug-likeness (QED) is 0.897. The number of hydrogen-bond acceptors (Lipinski definition) is 3. The second-order valence-corrected chi connectivity index (χ2v) is 5.98. The van der Waals surface area contributed by atoms with Gasteiger partial charge in [-0.1, -0.05) is 20.8 Å². The molecular weight excluding hydrogens is 282 g/mol. The van der Waals surface area contributed by atoms with Crippen LogP contribution < -0.4 is 10.5 Å². The summed E-state index contributed by atoms with van der Waals surface area (Å²) in [4.78, 5) is 0. The standard InChI is InChI=1S/C13H20BrNO2/c1-5-17-10-7-8(6-9(14)11(10)16)12(15)13(2,3)4/h6-7,12,16H,5,15H2,1-4H3/t12-/m1/s1. The first-order valence-corrected chi connectivity index (χ1v) is 6.47. The van der Waals surface area contributed by atoms with E-state index in [0.717, 1.165) is 5.56 Å². The molecule has 0 unspecified atom stereocenters. The Kier molecular flexibility index (Phi) is 4.44. The fourth-order valence-corrected chi connectivity index (χ4v) is 2.00. The maximum Gasteiger partial charge on any atom is 0.172 e. The van der Waals surface area contributed by atoms with Crippen molar-refractivity contribution >= 4 is 15.9 Å². The van der Waals surface area contributed by atoms with Gasteiger partial charge in [0.05, 0.1) is 11.1 Å². The molecule has 3 N–H and O–H groups in total. The van der Waals surface area contributed by atoms with Gasteiger partial charge in [0.1, 0.15) is 0 Å². The van der Waals surface area contributed by atoms with Crippen LogP contribution in [0, 0.1) is 5.41 Å². The molecule has 1 rings (SSSR count). The van der Waals surface area contributed by atoms with Crippen LogP contribution in [0.25, 0.3) is 0 Å². The van der Waals surface area contributed by atoms with Gasteiger partial charge in [0.15, 0.2) is 11.5 Å². The van der Waals surface area contributed by atoms with E-state index in [4.69, 9.17) is 10.5 Å². The zero-order valence-corrected chi connectivity index (χ0v) is 12.3. The molecule has 17 heavy (non-hydrogen) atoms. The normalized spacial score (nSPS) is 13.5. The van der Waals surface area contributed by atoms with Gasteiger partial charge in [0.2, 0.25) is 0 Å². The highest BCUT2D eigenvalue weighted by Gasteiger charge is 2.24. The van der Waals surface area contributed by atoms with Crippen LogP contribution >= 0.6 is 15.9 Å². The summed E-state index contributed by atoms with van der Waals surface area (Å²) in [6, 6.07) is 3.53. The van der Waals surface area contributed by atoms with Gasteiger partial charge in [0.25, 0.3) is 0 Å². The van der Waals surface area contributed by atoms with Gasteiger partial charge in [-0.2, -0.15) is 0 Å². The van der Waals surface area contributed by atoms with Gasteiger partial charge < -0.3 is 15.6 Å². The van der Waals surface area contributed by atoms with Crippen LogP contribution in [-0.2, 0) is 0 Å². The van der Waals surface area contributed by atoms with Gasteiger partial charge in [-0.3, -0.25) is 0 Å². The van der Waals surface area contributed by atoms with Crippen LogP contribution in [0.2, 0.25) is 0 Å². The summed E-state index contributed by atoms with van der Waals surface area (Å²) in [5.74, 6) is 0.591. The van der Waals surface area contributed by atoms with E-state index in [9.17, 15) is 5.11 Å². The number of halogens is 1. The summed E-state index contributed by atoms with van der Waals surface area (Å²) in [6.45, 7) is 8.63. The van der Waals surface area contributed by atoms with Crippen LogP contribution in [0.3, 0.4) is 0 Å². The molecule has 1 atom stereocenters. The molecule has 1 aromatic carbocycles. The van der Waals surface area contributed by atoms with E-state index >= 15 is 0 Å². The van der Waals surface area contributed by atoms with Gasteiger partial charge in [-0.25, -0.2) is 0 Å². The van der Waals surface area contributed by atoms with Crippen molar-refractivity contribution in [3.8, 4) is 11.5 Å². The Hall–Kier alpha value is -0.740. The zero-order valence-electron chi connectivity index (χ0n) is 10.7. The maximum atomic E-state index is 9.83. The van der Waals surface area contributed by atoms with E-state index in [1.807, 2.05) is 13.0 Å². The lowest BCUT2D eigenvalue weighted by Gasteiger charge is -2.28. The van der Waals surface area contributed by atoms with E-state index in [1.54, 1.807) is 6.07 Å². The Morgan fingerprint density at radius 2 is 2.00 bits per heavy atom. The van der Waals surface area contributed by atoms with Crippen molar-refractivity contribution in [1.29, 1.82) is 0 Å². The summed E-state index contributed by atoms with van der Waals surface area (Å²) < 4.78 is 5.99. The van der Waals surface area contributed by atoms with Gasteiger partial charge in [-0.05, 0) is 46.0 Å². The maximum absolute atomic E-state index is 9.83. The zero-order chi connectivity index (χ0) is 13.2. The molecule has 0 aliphatic heterocycles. The Morgan fingerprint density at radius 3 is 2.47 bits per heavy atom. The summed E-state index contributed by atoms with van der Waals surface area (Å²) in [7, 11) is 0. The summed E-state index contributed by atoms with van der Waals surface area (Å²) in [5.41, 5.74) is 7.11. The van der Waals surface area contributed by atoms with Crippen LogP contribution in [0.15, 0.2) is 16.6 Å². The number of phenols is 1. The molecule has 0 radical (unpaired) electrons. The van der Waals surface area contributed by atoms with Crippen molar-refractivity contribution in [1.82, 2.24) is 0 Å². The Labute approximate surface area is 111 Å². The number of ether oxygens (including phenoxy) is 1. The van der Waals surface area contributed by atoms with E-state index in [1.165, 1.54) is 0 Å². The van der Waals surface area contributed by atoms with Crippen molar-refractivity contribution in [3.05, 3.63) is 22.2 Å².